The summed E-state index contributed by atoms with van der Waals surface area (Å²) in [6.07, 6.45) is 0.379. The van der Waals surface area contributed by atoms with Gasteiger partial charge in [0.25, 0.3) is 0 Å². The van der Waals surface area contributed by atoms with Crippen LogP contribution in [0.15, 0.2) is 77.9 Å². The summed E-state index contributed by atoms with van der Waals surface area (Å²) in [5, 5.41) is 7.51. The van der Waals surface area contributed by atoms with Gasteiger partial charge in [0, 0.05) is 22.6 Å². The zero-order valence-electron chi connectivity index (χ0n) is 14.3. The van der Waals surface area contributed by atoms with Gasteiger partial charge in [0.15, 0.2) is 0 Å². The van der Waals surface area contributed by atoms with E-state index in [1.165, 1.54) is 12.1 Å². The van der Waals surface area contributed by atoms with Crippen molar-refractivity contribution in [3.63, 3.8) is 0 Å². The van der Waals surface area contributed by atoms with Gasteiger partial charge in [0.1, 0.15) is 11.6 Å². The normalized spacial score (nSPS) is 20.5. The molecule has 5 rings (SSSR count). The third kappa shape index (κ3) is 2.86. The van der Waals surface area contributed by atoms with Crippen LogP contribution in [0.1, 0.15) is 35.4 Å². The summed E-state index contributed by atoms with van der Waals surface area (Å²) in [6.45, 7) is 0. The standard InChI is InChI=1S/C22H16ClFN2O/c23-16-5-3-4-15(12-16)22-26-20(18-6-1-2-7-21(18)27-22)13-19(25-26)14-8-10-17(24)11-9-14/h1-12,20,22H,13H2/t20-,22+/m0/s1. The first-order chi connectivity index (χ1) is 13.2. The van der Waals surface area contributed by atoms with E-state index in [9.17, 15) is 4.39 Å². The molecule has 0 aromatic heterocycles. The van der Waals surface area contributed by atoms with Crippen LogP contribution in [0.5, 0.6) is 5.75 Å². The van der Waals surface area contributed by atoms with Crippen molar-refractivity contribution in [1.82, 2.24) is 5.01 Å². The molecule has 27 heavy (non-hydrogen) atoms. The van der Waals surface area contributed by atoms with E-state index < -0.39 is 0 Å². The van der Waals surface area contributed by atoms with E-state index in [2.05, 4.69) is 6.07 Å². The summed E-state index contributed by atoms with van der Waals surface area (Å²) in [5.74, 6) is 0.611. The van der Waals surface area contributed by atoms with Gasteiger partial charge in [-0.25, -0.2) is 9.40 Å². The van der Waals surface area contributed by atoms with Gasteiger partial charge >= 0.3 is 0 Å². The quantitative estimate of drug-likeness (QED) is 0.569. The van der Waals surface area contributed by atoms with E-state index in [0.717, 1.165) is 34.6 Å². The average molecular weight is 379 g/mol. The lowest BCUT2D eigenvalue weighted by atomic mass is 9.96. The number of hydrazone groups is 1. The molecule has 0 saturated carbocycles. The Labute approximate surface area is 161 Å². The fourth-order valence-electron chi connectivity index (χ4n) is 3.73. The van der Waals surface area contributed by atoms with Gasteiger partial charge in [-0.15, -0.1) is 0 Å². The van der Waals surface area contributed by atoms with E-state index in [4.69, 9.17) is 21.4 Å². The van der Waals surface area contributed by atoms with Crippen LogP contribution in [0.3, 0.4) is 0 Å². The molecule has 0 fully saturated rings. The first-order valence-corrected chi connectivity index (χ1v) is 9.19. The number of ether oxygens (including phenoxy) is 1. The first kappa shape index (κ1) is 16.3. The van der Waals surface area contributed by atoms with Gasteiger partial charge in [-0.2, -0.15) is 5.10 Å². The second-order valence-corrected chi connectivity index (χ2v) is 7.15. The summed E-state index contributed by atoms with van der Waals surface area (Å²) in [5.41, 5.74) is 3.91. The van der Waals surface area contributed by atoms with Crippen LogP contribution in [0.2, 0.25) is 5.02 Å². The molecular weight excluding hydrogens is 363 g/mol. The lowest BCUT2D eigenvalue weighted by Gasteiger charge is -2.38. The van der Waals surface area contributed by atoms with Gasteiger partial charge in [-0.05, 0) is 35.9 Å². The zero-order valence-corrected chi connectivity index (χ0v) is 15.1. The first-order valence-electron chi connectivity index (χ1n) is 8.82. The number of rotatable bonds is 2. The van der Waals surface area contributed by atoms with Crippen molar-refractivity contribution in [2.24, 2.45) is 5.10 Å². The highest BCUT2D eigenvalue weighted by Gasteiger charge is 2.40. The molecule has 2 atom stereocenters. The Kier molecular flexibility index (Phi) is 3.87. The maximum Gasteiger partial charge on any atom is 0.213 e. The van der Waals surface area contributed by atoms with E-state index >= 15 is 0 Å². The van der Waals surface area contributed by atoms with Gasteiger partial charge in [0.05, 0.1) is 11.8 Å². The van der Waals surface area contributed by atoms with Gasteiger partial charge in [-0.1, -0.05) is 54.1 Å². The summed E-state index contributed by atoms with van der Waals surface area (Å²) < 4.78 is 19.6. The Morgan fingerprint density at radius 2 is 1.81 bits per heavy atom. The summed E-state index contributed by atoms with van der Waals surface area (Å²) >= 11 is 6.20. The number of halogens is 2. The molecule has 0 radical (unpaired) electrons. The monoisotopic (exact) mass is 378 g/mol. The van der Waals surface area contributed by atoms with Crippen molar-refractivity contribution in [1.29, 1.82) is 0 Å². The highest BCUT2D eigenvalue weighted by Crippen LogP contribution is 2.47. The van der Waals surface area contributed by atoms with Crippen LogP contribution in [-0.4, -0.2) is 10.7 Å². The molecule has 2 heterocycles. The van der Waals surface area contributed by atoms with E-state index in [-0.39, 0.29) is 18.1 Å². The topological polar surface area (TPSA) is 24.8 Å². The molecule has 3 nitrogen and oxygen atoms in total. The van der Waals surface area contributed by atoms with Crippen LogP contribution in [0, 0.1) is 5.82 Å². The lowest BCUT2D eigenvalue weighted by molar-refractivity contribution is -0.0190. The fraction of sp³-hybridized carbons (Fsp3) is 0.136. The van der Waals surface area contributed by atoms with Crippen LogP contribution in [0.4, 0.5) is 4.39 Å². The fourth-order valence-corrected chi connectivity index (χ4v) is 3.93. The van der Waals surface area contributed by atoms with Crippen molar-refractivity contribution in [3.8, 4) is 5.75 Å². The predicted molar refractivity (Wildman–Crippen MR) is 103 cm³/mol. The SMILES string of the molecule is Fc1ccc(C2=NN3[C@@H](c4cccc(Cl)c4)Oc4ccccc4[C@@H]3C2)cc1. The third-order valence-corrected chi connectivity index (χ3v) is 5.25. The molecule has 0 saturated heterocycles. The summed E-state index contributed by atoms with van der Waals surface area (Å²) in [6, 6.07) is 22.2. The Hall–Kier alpha value is -2.85. The van der Waals surface area contributed by atoms with Crippen molar-refractivity contribution < 1.29 is 9.13 Å². The van der Waals surface area contributed by atoms with Crippen LogP contribution in [-0.2, 0) is 0 Å². The number of nitrogens with zero attached hydrogens (tertiary/aromatic N) is 2. The molecule has 0 N–H and O–H groups in total. The molecule has 0 spiro atoms. The Balaban J connectivity index is 1.60. The van der Waals surface area contributed by atoms with Gasteiger partial charge in [0.2, 0.25) is 6.23 Å². The van der Waals surface area contributed by atoms with Crippen LogP contribution >= 0.6 is 11.6 Å². The third-order valence-electron chi connectivity index (χ3n) is 5.01. The predicted octanol–water partition coefficient (Wildman–Crippen LogP) is 5.72. The number of hydrogen-bond donors (Lipinski definition) is 0. The molecule has 134 valence electrons. The van der Waals surface area contributed by atoms with E-state index in [1.807, 2.05) is 47.5 Å². The maximum absolute atomic E-state index is 13.3. The zero-order chi connectivity index (χ0) is 18.4. The van der Waals surface area contributed by atoms with E-state index in [0.29, 0.717) is 5.02 Å². The Bertz CT molecular complexity index is 1030. The maximum atomic E-state index is 13.3. The van der Waals surface area contributed by atoms with Gasteiger partial charge < -0.3 is 4.74 Å². The molecule has 0 amide bonds. The minimum atomic E-state index is -0.360. The lowest BCUT2D eigenvalue weighted by Crippen LogP contribution is -2.33. The molecule has 3 aromatic rings. The molecular formula is C22H16ClFN2O. The molecule has 2 aliphatic heterocycles. The number of fused-ring (bicyclic) bond motifs is 3. The molecule has 2 aliphatic rings. The average Bonchev–Trinajstić information content (AvgIpc) is 3.13. The molecule has 0 aliphatic carbocycles. The number of benzene rings is 3. The molecule has 5 heteroatoms. The molecule has 0 bridgehead atoms. The Morgan fingerprint density at radius 1 is 1.00 bits per heavy atom. The number of hydrogen-bond acceptors (Lipinski definition) is 3. The Morgan fingerprint density at radius 3 is 2.63 bits per heavy atom. The molecule has 3 aromatic carbocycles. The minimum absolute atomic E-state index is 0.0685. The van der Waals surface area contributed by atoms with E-state index in [1.54, 1.807) is 12.1 Å². The highest BCUT2D eigenvalue weighted by atomic mass is 35.5. The number of para-hydroxylation sites is 1. The second kappa shape index (κ2) is 6.39. The van der Waals surface area contributed by atoms with Crippen LogP contribution < -0.4 is 4.74 Å². The summed E-state index contributed by atoms with van der Waals surface area (Å²) in [7, 11) is 0. The smallest absolute Gasteiger partial charge is 0.213 e. The highest BCUT2D eigenvalue weighted by molar-refractivity contribution is 6.30. The van der Waals surface area contributed by atoms with Crippen molar-refractivity contribution >= 4 is 17.3 Å². The van der Waals surface area contributed by atoms with Crippen molar-refractivity contribution in [2.75, 3.05) is 0 Å². The summed E-state index contributed by atoms with van der Waals surface area (Å²) in [4.78, 5) is 0. The minimum Gasteiger partial charge on any atom is -0.464 e. The largest absolute Gasteiger partial charge is 0.464 e. The molecule has 0 unspecified atom stereocenters. The second-order valence-electron chi connectivity index (χ2n) is 6.72. The van der Waals surface area contributed by atoms with Crippen molar-refractivity contribution in [3.05, 3.63) is 100 Å². The van der Waals surface area contributed by atoms with Crippen LogP contribution in [0.25, 0.3) is 0 Å². The van der Waals surface area contributed by atoms with Gasteiger partial charge in [-0.3, -0.25) is 0 Å². The van der Waals surface area contributed by atoms with Crippen molar-refractivity contribution in [2.45, 2.75) is 18.7 Å².